The second-order valence-electron chi connectivity index (χ2n) is 5.38. The first-order valence-electron chi connectivity index (χ1n) is 7.39. The van der Waals surface area contributed by atoms with Crippen LogP contribution >= 0.6 is 0 Å². The Balaban J connectivity index is 1.88. The Labute approximate surface area is 137 Å². The molecule has 1 atom stereocenters. The zero-order chi connectivity index (χ0) is 17.2. The minimum absolute atomic E-state index is 0.117. The van der Waals surface area contributed by atoms with E-state index >= 15 is 0 Å². The standard InChI is InChI=1S/C17H14F3N3O/c18-17(19,20)14-6-2-1-5-13(14)15-11-23(8-9-24-15)16-7-3-4-12(10-21)22-16/h1-7,15H,8-9,11H2/t15-/m1/s1. The van der Waals surface area contributed by atoms with Crippen LogP contribution in [-0.2, 0) is 10.9 Å². The number of ether oxygens (including phenoxy) is 1. The van der Waals surface area contributed by atoms with Gasteiger partial charge in [0.1, 0.15) is 23.7 Å². The van der Waals surface area contributed by atoms with Crippen LogP contribution in [-0.4, -0.2) is 24.7 Å². The summed E-state index contributed by atoms with van der Waals surface area (Å²) in [6.45, 7) is 1.04. The van der Waals surface area contributed by atoms with E-state index in [2.05, 4.69) is 4.98 Å². The number of anilines is 1. The van der Waals surface area contributed by atoms with Crippen molar-refractivity contribution in [1.29, 1.82) is 5.26 Å². The summed E-state index contributed by atoms with van der Waals surface area (Å²) in [7, 11) is 0. The molecule has 7 heteroatoms. The minimum Gasteiger partial charge on any atom is -0.370 e. The summed E-state index contributed by atoms with van der Waals surface area (Å²) in [6, 6.07) is 12.4. The van der Waals surface area contributed by atoms with Crippen molar-refractivity contribution < 1.29 is 17.9 Å². The highest BCUT2D eigenvalue weighted by molar-refractivity contribution is 5.43. The van der Waals surface area contributed by atoms with E-state index in [1.54, 1.807) is 24.3 Å². The number of aromatic nitrogens is 1. The summed E-state index contributed by atoms with van der Waals surface area (Å²) in [5, 5.41) is 8.94. The van der Waals surface area contributed by atoms with Gasteiger partial charge in [-0.2, -0.15) is 18.4 Å². The summed E-state index contributed by atoms with van der Waals surface area (Å²) in [5.41, 5.74) is -0.298. The maximum absolute atomic E-state index is 13.2. The molecule has 124 valence electrons. The van der Waals surface area contributed by atoms with Gasteiger partial charge in [-0.1, -0.05) is 24.3 Å². The van der Waals surface area contributed by atoms with Gasteiger partial charge in [0, 0.05) is 13.1 Å². The van der Waals surface area contributed by atoms with Gasteiger partial charge in [-0.3, -0.25) is 0 Å². The van der Waals surface area contributed by atoms with Gasteiger partial charge < -0.3 is 9.64 Å². The Morgan fingerprint density at radius 2 is 1.96 bits per heavy atom. The highest BCUT2D eigenvalue weighted by atomic mass is 19.4. The fraction of sp³-hybridized carbons (Fsp3) is 0.294. The molecule has 0 unspecified atom stereocenters. The maximum Gasteiger partial charge on any atom is 0.416 e. The van der Waals surface area contributed by atoms with E-state index in [1.807, 2.05) is 11.0 Å². The summed E-state index contributed by atoms with van der Waals surface area (Å²) < 4.78 is 45.2. The third-order valence-corrected chi connectivity index (χ3v) is 3.85. The van der Waals surface area contributed by atoms with Crippen molar-refractivity contribution in [3.8, 4) is 6.07 Å². The molecule has 0 N–H and O–H groups in total. The third kappa shape index (κ3) is 3.34. The minimum atomic E-state index is -4.43. The van der Waals surface area contributed by atoms with Crippen molar-refractivity contribution >= 4 is 5.82 Å². The molecule has 2 heterocycles. The summed E-state index contributed by atoms with van der Waals surface area (Å²) in [5.74, 6) is 0.562. The Hall–Kier alpha value is -2.59. The number of hydrogen-bond acceptors (Lipinski definition) is 4. The fourth-order valence-electron chi connectivity index (χ4n) is 2.74. The molecule has 1 aromatic carbocycles. The molecular formula is C17H14F3N3O. The van der Waals surface area contributed by atoms with Gasteiger partial charge in [0.15, 0.2) is 0 Å². The van der Waals surface area contributed by atoms with E-state index in [0.717, 1.165) is 6.07 Å². The van der Waals surface area contributed by atoms with Crippen LogP contribution in [0.4, 0.5) is 19.0 Å². The third-order valence-electron chi connectivity index (χ3n) is 3.85. The van der Waals surface area contributed by atoms with Gasteiger partial charge >= 0.3 is 6.18 Å². The largest absolute Gasteiger partial charge is 0.416 e. The Morgan fingerprint density at radius 3 is 2.71 bits per heavy atom. The topological polar surface area (TPSA) is 49.2 Å². The van der Waals surface area contributed by atoms with Crippen LogP contribution in [0.1, 0.15) is 22.9 Å². The van der Waals surface area contributed by atoms with E-state index in [-0.39, 0.29) is 24.4 Å². The normalized spacial score (nSPS) is 18.2. The highest BCUT2D eigenvalue weighted by Crippen LogP contribution is 2.37. The smallest absolute Gasteiger partial charge is 0.370 e. The van der Waals surface area contributed by atoms with Crippen molar-refractivity contribution in [3.05, 3.63) is 59.3 Å². The zero-order valence-electron chi connectivity index (χ0n) is 12.6. The van der Waals surface area contributed by atoms with Crippen molar-refractivity contribution in [2.75, 3.05) is 24.6 Å². The monoisotopic (exact) mass is 333 g/mol. The van der Waals surface area contributed by atoms with Crippen molar-refractivity contribution in [2.24, 2.45) is 0 Å². The lowest BCUT2D eigenvalue weighted by Gasteiger charge is -2.34. The van der Waals surface area contributed by atoms with E-state index in [0.29, 0.717) is 12.4 Å². The number of nitrogens with zero attached hydrogens (tertiary/aromatic N) is 3. The Bertz CT molecular complexity index is 770. The summed E-state index contributed by atoms with van der Waals surface area (Å²) in [4.78, 5) is 6.04. The number of halogens is 3. The zero-order valence-corrected chi connectivity index (χ0v) is 12.6. The first kappa shape index (κ1) is 16.3. The lowest BCUT2D eigenvalue weighted by molar-refractivity contribution is -0.139. The molecule has 4 nitrogen and oxygen atoms in total. The van der Waals surface area contributed by atoms with Gasteiger partial charge in [0.05, 0.1) is 12.2 Å². The van der Waals surface area contributed by atoms with Crippen LogP contribution < -0.4 is 4.90 Å². The number of hydrogen-bond donors (Lipinski definition) is 0. The molecule has 1 fully saturated rings. The number of pyridine rings is 1. The van der Waals surface area contributed by atoms with E-state index in [4.69, 9.17) is 10.00 Å². The van der Waals surface area contributed by atoms with Crippen LogP contribution in [0.15, 0.2) is 42.5 Å². The first-order valence-corrected chi connectivity index (χ1v) is 7.39. The predicted octanol–water partition coefficient (Wildman–Crippen LogP) is 3.55. The van der Waals surface area contributed by atoms with Gasteiger partial charge in [-0.25, -0.2) is 4.98 Å². The van der Waals surface area contributed by atoms with E-state index < -0.39 is 17.8 Å². The van der Waals surface area contributed by atoms with Gasteiger partial charge in [-0.05, 0) is 23.8 Å². The second kappa shape index (κ2) is 6.49. The second-order valence-corrected chi connectivity index (χ2v) is 5.38. The Kier molecular flexibility index (Phi) is 4.40. The van der Waals surface area contributed by atoms with E-state index in [9.17, 15) is 13.2 Å². The van der Waals surface area contributed by atoms with Crippen LogP contribution in [0.2, 0.25) is 0 Å². The van der Waals surface area contributed by atoms with Crippen LogP contribution in [0.3, 0.4) is 0 Å². The molecular weight excluding hydrogens is 319 g/mol. The van der Waals surface area contributed by atoms with Crippen molar-refractivity contribution in [1.82, 2.24) is 4.98 Å². The average molecular weight is 333 g/mol. The molecule has 0 spiro atoms. The molecule has 0 radical (unpaired) electrons. The Morgan fingerprint density at radius 1 is 1.17 bits per heavy atom. The molecule has 0 saturated carbocycles. The molecule has 1 aliphatic rings. The van der Waals surface area contributed by atoms with Gasteiger partial charge in [0.2, 0.25) is 0 Å². The maximum atomic E-state index is 13.2. The van der Waals surface area contributed by atoms with Crippen LogP contribution in [0.25, 0.3) is 0 Å². The summed E-state index contributed by atoms with van der Waals surface area (Å²) in [6.07, 6.45) is -5.13. The summed E-state index contributed by atoms with van der Waals surface area (Å²) >= 11 is 0. The van der Waals surface area contributed by atoms with Gasteiger partial charge in [0.25, 0.3) is 0 Å². The molecule has 3 rings (SSSR count). The molecule has 24 heavy (non-hydrogen) atoms. The quantitative estimate of drug-likeness (QED) is 0.843. The fourth-order valence-corrected chi connectivity index (χ4v) is 2.74. The van der Waals surface area contributed by atoms with Crippen LogP contribution in [0, 0.1) is 11.3 Å². The van der Waals surface area contributed by atoms with E-state index in [1.165, 1.54) is 12.1 Å². The number of benzene rings is 1. The van der Waals surface area contributed by atoms with Crippen LogP contribution in [0.5, 0.6) is 0 Å². The lowest BCUT2D eigenvalue weighted by atomic mass is 10.0. The lowest BCUT2D eigenvalue weighted by Crippen LogP contribution is -2.39. The molecule has 1 aromatic heterocycles. The van der Waals surface area contributed by atoms with Gasteiger partial charge in [-0.15, -0.1) is 0 Å². The molecule has 0 bridgehead atoms. The van der Waals surface area contributed by atoms with Crippen molar-refractivity contribution in [2.45, 2.75) is 12.3 Å². The number of alkyl halides is 3. The first-order chi connectivity index (χ1) is 11.5. The SMILES string of the molecule is N#Cc1cccc(N2CCO[C@@H](c3ccccc3C(F)(F)F)C2)n1. The average Bonchev–Trinajstić information content (AvgIpc) is 2.61. The molecule has 2 aromatic rings. The number of nitriles is 1. The number of rotatable bonds is 2. The molecule has 0 amide bonds. The molecule has 1 aliphatic heterocycles. The molecule has 0 aliphatic carbocycles. The molecule has 1 saturated heterocycles. The highest BCUT2D eigenvalue weighted by Gasteiger charge is 2.36. The number of morpholine rings is 1. The predicted molar refractivity (Wildman–Crippen MR) is 81.3 cm³/mol. The van der Waals surface area contributed by atoms with Crippen molar-refractivity contribution in [3.63, 3.8) is 0 Å².